The highest BCUT2D eigenvalue weighted by Crippen LogP contribution is 2.26. The maximum Gasteiger partial charge on any atom is 0.0732 e. The molecular weight excluding hydrogens is 946 g/mol. The van der Waals surface area contributed by atoms with Crippen molar-refractivity contribution in [2.24, 2.45) is 0 Å². The molecule has 0 saturated heterocycles. The van der Waals surface area contributed by atoms with Crippen molar-refractivity contribution in [3.05, 3.63) is 56.8 Å². The van der Waals surface area contributed by atoms with Crippen molar-refractivity contribution in [3.8, 4) is 0 Å². The number of hydrogen-bond acceptors (Lipinski definition) is 1. The van der Waals surface area contributed by atoms with Crippen molar-refractivity contribution in [1.82, 2.24) is 0 Å². The van der Waals surface area contributed by atoms with E-state index in [9.17, 15) is 0 Å². The molecule has 0 heterocycles. The Hall–Kier alpha value is 2.78. The fourth-order valence-corrected chi connectivity index (χ4v) is 6.56. The molecule has 0 fully saturated rings. The molecule has 21 heavy (non-hydrogen) atoms. The quantitative estimate of drug-likeness (QED) is 0.237. The molecule has 2 rings (SSSR count). The molecule has 0 spiro atoms. The molecule has 0 aliphatic rings. The van der Waals surface area contributed by atoms with Gasteiger partial charge in [0.1, 0.15) is 0 Å². The Morgan fingerprint density at radius 2 is 1.00 bits per heavy atom. The molecule has 0 aromatic heterocycles. The zero-order chi connectivity index (χ0) is 15.6. The molecule has 0 radical (unpaired) electrons. The zero-order valence-corrected chi connectivity index (χ0v) is 23.3. The molecule has 112 valence electrons. The van der Waals surface area contributed by atoms with Crippen LogP contribution in [0.5, 0.6) is 0 Å². The van der Waals surface area contributed by atoms with Crippen LogP contribution >= 0.6 is 136 Å². The van der Waals surface area contributed by atoms with Gasteiger partial charge in [-0.3, -0.25) is 0 Å². The smallest absolute Gasteiger partial charge is 0.0732 e. The van der Waals surface area contributed by atoms with Crippen LogP contribution in [-0.4, -0.2) is 0 Å². The van der Waals surface area contributed by atoms with Gasteiger partial charge >= 0.3 is 0 Å². The van der Waals surface area contributed by atoms with E-state index >= 15 is 0 Å². The minimum Gasteiger partial charge on any atom is -0.372 e. The van der Waals surface area contributed by atoms with Crippen LogP contribution in [0.2, 0.25) is 0 Å². The fraction of sp³-hybridized carbons (Fsp3) is 0.143. The van der Waals surface area contributed by atoms with Gasteiger partial charge in [0.05, 0.1) is 13.2 Å². The van der Waals surface area contributed by atoms with Crippen molar-refractivity contribution >= 4 is 136 Å². The number of benzene rings is 2. The predicted octanol–water partition coefficient (Wildman–Crippen LogP) is 7.03. The summed E-state index contributed by atoms with van der Waals surface area (Å²) in [5.41, 5.74) is 2.53. The molecule has 0 atom stereocenters. The van der Waals surface area contributed by atoms with Crippen molar-refractivity contribution in [3.63, 3.8) is 0 Å². The maximum absolute atomic E-state index is 5.96. The minimum atomic E-state index is 0.656. The second kappa shape index (κ2) is 9.47. The van der Waals surface area contributed by atoms with E-state index in [2.05, 4.69) is 160 Å². The van der Waals surface area contributed by atoms with Gasteiger partial charge in [0.2, 0.25) is 0 Å². The lowest BCUT2D eigenvalue weighted by atomic mass is 10.2. The first-order chi connectivity index (χ1) is 9.88. The largest absolute Gasteiger partial charge is 0.372 e. The van der Waals surface area contributed by atoms with Crippen LogP contribution in [0.15, 0.2) is 24.3 Å². The molecule has 0 unspecified atom stereocenters. The summed E-state index contributed by atoms with van der Waals surface area (Å²) in [6, 6.07) is 8.79. The average molecular weight is 954 g/mol. The van der Waals surface area contributed by atoms with Gasteiger partial charge in [0.15, 0.2) is 0 Å². The van der Waals surface area contributed by atoms with Crippen LogP contribution in [-0.2, 0) is 18.0 Å². The van der Waals surface area contributed by atoms with Gasteiger partial charge in [-0.05, 0) is 171 Å². The van der Waals surface area contributed by atoms with Crippen molar-refractivity contribution in [1.29, 1.82) is 0 Å². The average Bonchev–Trinajstić information content (AvgIpc) is 2.40. The molecule has 0 saturated carbocycles. The monoisotopic (exact) mass is 953 g/mol. The summed E-state index contributed by atoms with van der Waals surface area (Å²) in [6.07, 6.45) is 0. The Balaban J connectivity index is 2.09. The second-order valence-electron chi connectivity index (χ2n) is 4.21. The van der Waals surface area contributed by atoms with E-state index in [-0.39, 0.29) is 0 Å². The zero-order valence-electron chi connectivity index (χ0n) is 10.4. The summed E-state index contributed by atoms with van der Waals surface area (Å²) < 4.78 is 13.6. The molecule has 0 bridgehead atoms. The Labute approximate surface area is 206 Å². The molecule has 1 nitrogen and oxygen atoms in total. The summed E-state index contributed by atoms with van der Waals surface area (Å²) in [6.45, 7) is 1.31. The first kappa shape index (κ1) is 20.1. The number of rotatable bonds is 4. The van der Waals surface area contributed by atoms with E-state index in [4.69, 9.17) is 4.74 Å². The third kappa shape index (κ3) is 5.91. The van der Waals surface area contributed by atoms with Crippen LogP contribution in [0.25, 0.3) is 0 Å². The molecule has 2 aromatic carbocycles. The molecule has 0 aliphatic carbocycles. The third-order valence-corrected chi connectivity index (χ3v) is 10.2. The third-order valence-electron chi connectivity index (χ3n) is 2.65. The molecule has 0 amide bonds. The lowest BCUT2D eigenvalue weighted by Gasteiger charge is -2.11. The van der Waals surface area contributed by atoms with E-state index in [1.165, 1.54) is 32.5 Å². The summed E-state index contributed by atoms with van der Waals surface area (Å²) >= 11 is 14.3. The molecular formula is C14H8I6O. The maximum atomic E-state index is 5.96. The van der Waals surface area contributed by atoms with Crippen LogP contribution < -0.4 is 0 Å². The van der Waals surface area contributed by atoms with Crippen LogP contribution in [0.1, 0.15) is 11.1 Å². The van der Waals surface area contributed by atoms with Gasteiger partial charge in [-0.2, -0.15) is 0 Å². The van der Waals surface area contributed by atoms with E-state index in [0.717, 1.165) is 0 Å². The van der Waals surface area contributed by atoms with Gasteiger partial charge in [-0.15, -0.1) is 0 Å². The first-order valence-corrected chi connectivity index (χ1v) is 12.2. The lowest BCUT2D eigenvalue weighted by molar-refractivity contribution is 0.106. The Morgan fingerprint density at radius 1 is 0.619 bits per heavy atom. The topological polar surface area (TPSA) is 9.23 Å². The van der Waals surface area contributed by atoms with Gasteiger partial charge in [-0.25, -0.2) is 0 Å². The van der Waals surface area contributed by atoms with Gasteiger partial charge in [-0.1, -0.05) is 0 Å². The van der Waals surface area contributed by atoms with Crippen LogP contribution in [0.4, 0.5) is 0 Å². The number of halogens is 6. The van der Waals surface area contributed by atoms with E-state index in [1.807, 2.05) is 0 Å². The van der Waals surface area contributed by atoms with E-state index in [0.29, 0.717) is 13.2 Å². The Bertz CT molecular complexity index is 613. The van der Waals surface area contributed by atoms with E-state index < -0.39 is 0 Å². The van der Waals surface area contributed by atoms with Crippen molar-refractivity contribution in [2.45, 2.75) is 13.2 Å². The fourth-order valence-electron chi connectivity index (χ4n) is 1.70. The summed E-state index contributed by atoms with van der Waals surface area (Å²) in [5.74, 6) is 0. The van der Waals surface area contributed by atoms with Crippen LogP contribution in [0, 0.1) is 21.4 Å². The highest BCUT2D eigenvalue weighted by molar-refractivity contribution is 14.1. The van der Waals surface area contributed by atoms with Crippen LogP contribution in [0.3, 0.4) is 0 Å². The van der Waals surface area contributed by atoms with Crippen molar-refractivity contribution in [2.75, 3.05) is 0 Å². The van der Waals surface area contributed by atoms with E-state index in [1.54, 1.807) is 0 Å². The normalized spacial score (nSPS) is 11.0. The highest BCUT2D eigenvalue weighted by Gasteiger charge is 2.09. The summed E-state index contributed by atoms with van der Waals surface area (Å²) in [5, 5.41) is 0. The second-order valence-corrected chi connectivity index (χ2v) is 11.2. The SMILES string of the molecule is Ic1cc(I)c(I)c(COCc2cc(I)cc(I)c2I)c1. The molecule has 0 N–H and O–H groups in total. The predicted molar refractivity (Wildman–Crippen MR) is 138 cm³/mol. The minimum absolute atomic E-state index is 0.656. The van der Waals surface area contributed by atoms with Gasteiger partial charge in [0.25, 0.3) is 0 Å². The molecule has 2 aromatic rings. The number of ether oxygens (including phenoxy) is 1. The number of hydrogen-bond donors (Lipinski definition) is 0. The van der Waals surface area contributed by atoms with Crippen molar-refractivity contribution < 1.29 is 4.74 Å². The summed E-state index contributed by atoms with van der Waals surface area (Å²) in [4.78, 5) is 0. The standard InChI is InChI=1S/C14H8I6O/c15-9-1-7(13(19)11(17)3-9)5-21-6-8-2-10(16)4-12(18)14(8)20/h1-4H,5-6H2. The van der Waals surface area contributed by atoms with Gasteiger partial charge < -0.3 is 4.74 Å². The summed E-state index contributed by atoms with van der Waals surface area (Å²) in [7, 11) is 0. The lowest BCUT2D eigenvalue weighted by Crippen LogP contribution is -2.01. The first-order valence-electron chi connectivity index (χ1n) is 5.73. The van der Waals surface area contributed by atoms with Gasteiger partial charge in [0, 0.05) is 21.4 Å². The Kier molecular flexibility index (Phi) is 9.06. The molecule has 0 aliphatic heterocycles. The highest BCUT2D eigenvalue weighted by atomic mass is 127. The molecule has 7 heteroatoms. The Morgan fingerprint density at radius 3 is 1.38 bits per heavy atom.